The lowest BCUT2D eigenvalue weighted by molar-refractivity contribution is -0.134. The molecule has 1 aromatic carbocycles. The van der Waals surface area contributed by atoms with Crippen LogP contribution in [0.25, 0.3) is 0 Å². The van der Waals surface area contributed by atoms with Crippen LogP contribution in [0.1, 0.15) is 12.8 Å². The van der Waals surface area contributed by atoms with Crippen LogP contribution in [0.3, 0.4) is 0 Å². The van der Waals surface area contributed by atoms with Gasteiger partial charge in [-0.15, -0.1) is 0 Å². The van der Waals surface area contributed by atoms with Crippen LogP contribution in [0.5, 0.6) is 0 Å². The Kier molecular flexibility index (Phi) is 6.16. The van der Waals surface area contributed by atoms with E-state index in [1.807, 2.05) is 0 Å². The number of sulfonamides is 1. The van der Waals surface area contributed by atoms with Crippen molar-refractivity contribution < 1.29 is 22.7 Å². The topological polar surface area (TPSA) is 105 Å². The Morgan fingerprint density at radius 2 is 1.96 bits per heavy atom. The lowest BCUT2D eigenvalue weighted by Gasteiger charge is -2.17. The highest BCUT2D eigenvalue weighted by atomic mass is 35.5. The third kappa shape index (κ3) is 4.67. The van der Waals surface area contributed by atoms with E-state index in [0.717, 1.165) is 10.7 Å². The minimum Gasteiger partial charge on any atom is -0.368 e. The zero-order chi connectivity index (χ0) is 17.7. The Morgan fingerprint density at radius 1 is 1.29 bits per heavy atom. The van der Waals surface area contributed by atoms with E-state index < -0.39 is 34.5 Å². The van der Waals surface area contributed by atoms with Crippen molar-refractivity contribution in [1.82, 2.24) is 15.2 Å². The highest BCUT2D eigenvalue weighted by Crippen LogP contribution is 2.17. The van der Waals surface area contributed by atoms with Gasteiger partial charge in [0.2, 0.25) is 10.0 Å². The van der Waals surface area contributed by atoms with Gasteiger partial charge < -0.3 is 4.74 Å². The molecule has 8 nitrogen and oxygen atoms in total. The highest BCUT2D eigenvalue weighted by molar-refractivity contribution is 7.89. The number of nitrogens with zero attached hydrogens (tertiary/aromatic N) is 1. The third-order valence-corrected chi connectivity index (χ3v) is 5.50. The summed E-state index contributed by atoms with van der Waals surface area (Å²) in [6.07, 6.45) is 0.793. The van der Waals surface area contributed by atoms with E-state index >= 15 is 0 Å². The smallest absolute Gasteiger partial charge is 0.267 e. The molecule has 1 heterocycles. The molecule has 132 valence electrons. The zero-order valence-electron chi connectivity index (χ0n) is 13.0. The average molecular weight is 376 g/mol. The van der Waals surface area contributed by atoms with Crippen molar-refractivity contribution >= 4 is 33.4 Å². The molecular weight excluding hydrogens is 358 g/mol. The molecule has 0 bridgehead atoms. The summed E-state index contributed by atoms with van der Waals surface area (Å²) in [5.41, 5.74) is 4.40. The van der Waals surface area contributed by atoms with Crippen LogP contribution in [0, 0.1) is 0 Å². The first-order valence-corrected chi connectivity index (χ1v) is 9.04. The number of amides is 2. The molecule has 1 fully saturated rings. The Morgan fingerprint density at radius 3 is 2.54 bits per heavy atom. The number of benzene rings is 1. The molecule has 2 N–H and O–H groups in total. The lowest BCUT2D eigenvalue weighted by atomic mass is 10.2. The van der Waals surface area contributed by atoms with Gasteiger partial charge in [-0.1, -0.05) is 11.6 Å². The van der Waals surface area contributed by atoms with Gasteiger partial charge in [0.15, 0.2) is 0 Å². The molecule has 2 amide bonds. The second-order valence-corrected chi connectivity index (χ2v) is 7.74. The molecule has 2 rings (SSSR count). The molecule has 1 atom stereocenters. The zero-order valence-corrected chi connectivity index (χ0v) is 14.6. The van der Waals surface area contributed by atoms with Crippen molar-refractivity contribution in [3.8, 4) is 0 Å². The average Bonchev–Trinajstić information content (AvgIpc) is 3.07. The SMILES string of the molecule is CN(CC(=O)NNC(=O)C1CCCO1)S(=O)(=O)c1ccc(Cl)cc1. The molecule has 1 aliphatic heterocycles. The summed E-state index contributed by atoms with van der Waals surface area (Å²) in [7, 11) is -2.56. The Balaban J connectivity index is 1.88. The van der Waals surface area contributed by atoms with Crippen molar-refractivity contribution in [3.63, 3.8) is 0 Å². The predicted molar refractivity (Wildman–Crippen MR) is 86.5 cm³/mol. The van der Waals surface area contributed by atoms with Gasteiger partial charge in [0.05, 0.1) is 11.4 Å². The Hall–Kier alpha value is -1.68. The monoisotopic (exact) mass is 375 g/mol. The van der Waals surface area contributed by atoms with E-state index in [9.17, 15) is 18.0 Å². The van der Waals surface area contributed by atoms with Crippen molar-refractivity contribution in [1.29, 1.82) is 0 Å². The number of likely N-dealkylation sites (N-methyl/N-ethyl adjacent to an activating group) is 1. The molecule has 1 aliphatic rings. The number of ether oxygens (including phenoxy) is 1. The van der Waals surface area contributed by atoms with Gasteiger partial charge >= 0.3 is 0 Å². The molecule has 24 heavy (non-hydrogen) atoms. The Bertz CT molecular complexity index is 702. The van der Waals surface area contributed by atoms with Gasteiger partial charge in [0.1, 0.15) is 6.10 Å². The largest absolute Gasteiger partial charge is 0.368 e. The number of hydrogen-bond acceptors (Lipinski definition) is 5. The van der Waals surface area contributed by atoms with Crippen LogP contribution in [-0.4, -0.2) is 50.8 Å². The first kappa shape index (κ1) is 18.7. The van der Waals surface area contributed by atoms with Crippen LogP contribution < -0.4 is 10.9 Å². The maximum Gasteiger partial charge on any atom is 0.267 e. The second kappa shape index (κ2) is 7.93. The number of rotatable bonds is 5. The van der Waals surface area contributed by atoms with Crippen LogP contribution in [0.4, 0.5) is 0 Å². The van der Waals surface area contributed by atoms with E-state index in [2.05, 4.69) is 10.9 Å². The summed E-state index contributed by atoms with van der Waals surface area (Å²) in [5, 5.41) is 0.409. The van der Waals surface area contributed by atoms with Crippen molar-refractivity contribution in [2.24, 2.45) is 0 Å². The Labute approximate surface area is 145 Å². The van der Waals surface area contributed by atoms with Crippen LogP contribution >= 0.6 is 11.6 Å². The number of carbonyl (C=O) groups is 2. The molecule has 0 saturated carbocycles. The maximum absolute atomic E-state index is 12.3. The van der Waals surface area contributed by atoms with E-state index in [-0.39, 0.29) is 4.90 Å². The van der Waals surface area contributed by atoms with E-state index in [0.29, 0.717) is 18.1 Å². The van der Waals surface area contributed by atoms with Gasteiger partial charge in [0, 0.05) is 18.7 Å². The third-order valence-electron chi connectivity index (χ3n) is 3.44. The molecular formula is C14H18ClN3O5S. The van der Waals surface area contributed by atoms with Crippen LogP contribution in [0.15, 0.2) is 29.2 Å². The van der Waals surface area contributed by atoms with Crippen LogP contribution in [0.2, 0.25) is 5.02 Å². The maximum atomic E-state index is 12.3. The molecule has 1 saturated heterocycles. The molecule has 1 aromatic rings. The predicted octanol–water partition coefficient (Wildman–Crippen LogP) is 0.287. The van der Waals surface area contributed by atoms with Crippen molar-refractivity contribution in [2.75, 3.05) is 20.2 Å². The van der Waals surface area contributed by atoms with Crippen LogP contribution in [-0.2, 0) is 24.3 Å². The standard InChI is InChI=1S/C14H18ClN3O5S/c1-18(24(21,22)11-6-4-10(15)5-7-11)9-13(19)16-17-14(20)12-3-2-8-23-12/h4-7,12H,2-3,8-9H2,1H3,(H,16,19)(H,17,20). The first-order valence-electron chi connectivity index (χ1n) is 7.23. The van der Waals surface area contributed by atoms with Crippen molar-refractivity contribution in [3.05, 3.63) is 29.3 Å². The minimum atomic E-state index is -3.83. The highest BCUT2D eigenvalue weighted by Gasteiger charge is 2.25. The number of halogens is 1. The van der Waals surface area contributed by atoms with Crippen molar-refractivity contribution in [2.45, 2.75) is 23.8 Å². The summed E-state index contributed by atoms with van der Waals surface area (Å²) in [6.45, 7) is 0.0604. The molecule has 0 aromatic heterocycles. The van der Waals surface area contributed by atoms with Gasteiger partial charge in [-0.2, -0.15) is 4.31 Å². The van der Waals surface area contributed by atoms with E-state index in [1.165, 1.54) is 31.3 Å². The first-order chi connectivity index (χ1) is 11.3. The normalized spacial score (nSPS) is 17.7. The van der Waals surface area contributed by atoms with Gasteiger partial charge in [-0.05, 0) is 37.1 Å². The molecule has 0 radical (unpaired) electrons. The molecule has 10 heteroatoms. The summed E-state index contributed by atoms with van der Waals surface area (Å²) in [5.74, 6) is -1.12. The lowest BCUT2D eigenvalue weighted by Crippen LogP contribution is -2.49. The van der Waals surface area contributed by atoms with Gasteiger partial charge in [-0.25, -0.2) is 8.42 Å². The quantitative estimate of drug-likeness (QED) is 0.719. The fourth-order valence-electron chi connectivity index (χ4n) is 2.11. The molecule has 0 spiro atoms. The number of hydrogen-bond donors (Lipinski definition) is 2. The fraction of sp³-hybridized carbons (Fsp3) is 0.429. The minimum absolute atomic E-state index is 0.0191. The van der Waals surface area contributed by atoms with Gasteiger partial charge in [0.25, 0.3) is 11.8 Å². The number of nitrogens with one attached hydrogen (secondary N) is 2. The second-order valence-electron chi connectivity index (χ2n) is 5.25. The number of hydrazine groups is 1. The molecule has 1 unspecified atom stereocenters. The summed E-state index contributed by atoms with van der Waals surface area (Å²) in [6, 6.07) is 5.60. The summed E-state index contributed by atoms with van der Waals surface area (Å²) < 4.78 is 30.7. The fourth-order valence-corrected chi connectivity index (χ4v) is 3.36. The summed E-state index contributed by atoms with van der Waals surface area (Å²) >= 11 is 5.73. The van der Waals surface area contributed by atoms with E-state index in [4.69, 9.17) is 16.3 Å². The van der Waals surface area contributed by atoms with E-state index in [1.54, 1.807) is 0 Å². The van der Waals surface area contributed by atoms with Gasteiger partial charge in [-0.3, -0.25) is 20.4 Å². The molecule has 0 aliphatic carbocycles. The number of carbonyl (C=O) groups excluding carboxylic acids is 2. The summed E-state index contributed by atoms with van der Waals surface area (Å²) in [4.78, 5) is 23.5.